The first-order valence-corrected chi connectivity index (χ1v) is 7.72. The van der Waals surface area contributed by atoms with Crippen LogP contribution in [0.25, 0.3) is 0 Å². The third-order valence-electron chi connectivity index (χ3n) is 2.73. The summed E-state index contributed by atoms with van der Waals surface area (Å²) in [6, 6.07) is 7.38. The molecule has 0 saturated carbocycles. The standard InChI is InChI=1S/C13H15ClN4O2S/c1-2-18-11(16-17-13(18)21-8-12(19)20)7-15-10-5-3-9(14)4-6-10/h3-6,15H,2,7-8H2,1H3,(H,19,20). The van der Waals surface area contributed by atoms with Gasteiger partial charge in [0.15, 0.2) is 11.0 Å². The van der Waals surface area contributed by atoms with Gasteiger partial charge in [0.1, 0.15) is 0 Å². The predicted molar refractivity (Wildman–Crippen MR) is 82.8 cm³/mol. The summed E-state index contributed by atoms with van der Waals surface area (Å²) >= 11 is 7.00. The third-order valence-corrected chi connectivity index (χ3v) is 3.93. The van der Waals surface area contributed by atoms with Crippen LogP contribution in [0.5, 0.6) is 0 Å². The molecule has 6 nitrogen and oxygen atoms in total. The van der Waals surface area contributed by atoms with Gasteiger partial charge in [0.2, 0.25) is 0 Å². The number of aliphatic carboxylic acids is 1. The molecule has 0 fully saturated rings. The summed E-state index contributed by atoms with van der Waals surface area (Å²) in [6.45, 7) is 3.17. The van der Waals surface area contributed by atoms with Crippen molar-refractivity contribution in [2.45, 2.75) is 25.2 Å². The van der Waals surface area contributed by atoms with Crippen LogP contribution < -0.4 is 5.32 Å². The lowest BCUT2D eigenvalue weighted by Crippen LogP contribution is -2.09. The molecule has 0 aliphatic heterocycles. The maximum Gasteiger partial charge on any atom is 0.313 e. The van der Waals surface area contributed by atoms with E-state index in [4.69, 9.17) is 16.7 Å². The summed E-state index contributed by atoms with van der Waals surface area (Å²) in [5.41, 5.74) is 0.935. The molecule has 1 aromatic heterocycles. The van der Waals surface area contributed by atoms with Gasteiger partial charge in [0, 0.05) is 17.3 Å². The second-order valence-electron chi connectivity index (χ2n) is 4.19. The van der Waals surface area contributed by atoms with Crippen LogP contribution in [0.4, 0.5) is 5.69 Å². The first-order chi connectivity index (χ1) is 10.1. The number of anilines is 1. The number of carboxylic acid groups (broad SMARTS) is 1. The minimum Gasteiger partial charge on any atom is -0.481 e. The van der Waals surface area contributed by atoms with Crippen LogP contribution in [-0.4, -0.2) is 31.6 Å². The van der Waals surface area contributed by atoms with Crippen LogP contribution in [0.1, 0.15) is 12.7 Å². The van der Waals surface area contributed by atoms with E-state index in [0.29, 0.717) is 23.3 Å². The predicted octanol–water partition coefficient (Wildman–Crippen LogP) is 2.74. The van der Waals surface area contributed by atoms with Crippen molar-refractivity contribution in [3.8, 4) is 0 Å². The van der Waals surface area contributed by atoms with Gasteiger partial charge in [-0.15, -0.1) is 10.2 Å². The Labute approximate surface area is 131 Å². The zero-order valence-corrected chi connectivity index (χ0v) is 13.0. The smallest absolute Gasteiger partial charge is 0.313 e. The quantitative estimate of drug-likeness (QED) is 0.762. The minimum atomic E-state index is -0.869. The molecular formula is C13H15ClN4O2S. The third kappa shape index (κ3) is 4.37. The zero-order chi connectivity index (χ0) is 15.2. The molecule has 0 saturated heterocycles. The highest BCUT2D eigenvalue weighted by atomic mass is 35.5. The van der Waals surface area contributed by atoms with Crippen LogP contribution in [0.3, 0.4) is 0 Å². The average molecular weight is 327 g/mol. The fraction of sp³-hybridized carbons (Fsp3) is 0.308. The van der Waals surface area contributed by atoms with Gasteiger partial charge in [-0.2, -0.15) is 0 Å². The van der Waals surface area contributed by atoms with Gasteiger partial charge >= 0.3 is 5.97 Å². The number of carboxylic acids is 1. The van der Waals surface area contributed by atoms with E-state index in [1.807, 2.05) is 35.8 Å². The summed E-state index contributed by atoms with van der Waals surface area (Å²) in [5.74, 6) is -0.130. The van der Waals surface area contributed by atoms with Crippen molar-refractivity contribution in [2.75, 3.05) is 11.1 Å². The van der Waals surface area contributed by atoms with Crippen molar-refractivity contribution in [3.05, 3.63) is 35.1 Å². The van der Waals surface area contributed by atoms with E-state index < -0.39 is 5.97 Å². The van der Waals surface area contributed by atoms with Gasteiger partial charge < -0.3 is 15.0 Å². The normalized spacial score (nSPS) is 10.6. The topological polar surface area (TPSA) is 80.0 Å². The second kappa shape index (κ2) is 7.33. The fourth-order valence-electron chi connectivity index (χ4n) is 1.75. The largest absolute Gasteiger partial charge is 0.481 e. The Bertz CT molecular complexity index is 615. The average Bonchev–Trinajstić information content (AvgIpc) is 2.86. The van der Waals surface area contributed by atoms with Gasteiger partial charge in [0.25, 0.3) is 0 Å². The van der Waals surface area contributed by atoms with Crippen LogP contribution in [-0.2, 0) is 17.9 Å². The molecule has 0 unspecified atom stereocenters. The molecule has 8 heteroatoms. The molecular weight excluding hydrogens is 312 g/mol. The SMILES string of the molecule is CCn1c(CNc2ccc(Cl)cc2)nnc1SCC(=O)O. The number of benzene rings is 1. The lowest BCUT2D eigenvalue weighted by atomic mass is 10.3. The minimum absolute atomic E-state index is 0.0251. The Morgan fingerprint density at radius 2 is 2.10 bits per heavy atom. The Balaban J connectivity index is 2.02. The Morgan fingerprint density at radius 1 is 1.38 bits per heavy atom. The van der Waals surface area contributed by atoms with Gasteiger partial charge in [-0.3, -0.25) is 4.79 Å². The number of thioether (sulfide) groups is 1. The van der Waals surface area contributed by atoms with Crippen molar-refractivity contribution < 1.29 is 9.90 Å². The van der Waals surface area contributed by atoms with Gasteiger partial charge in [-0.25, -0.2) is 0 Å². The van der Waals surface area contributed by atoms with Gasteiger partial charge in [-0.05, 0) is 31.2 Å². The molecule has 21 heavy (non-hydrogen) atoms. The number of hydrogen-bond donors (Lipinski definition) is 2. The summed E-state index contributed by atoms with van der Waals surface area (Å²) in [7, 11) is 0. The second-order valence-corrected chi connectivity index (χ2v) is 5.56. The highest BCUT2D eigenvalue weighted by Gasteiger charge is 2.12. The lowest BCUT2D eigenvalue weighted by molar-refractivity contribution is -0.133. The molecule has 0 amide bonds. The van der Waals surface area contributed by atoms with Crippen LogP contribution in [0, 0.1) is 0 Å². The van der Waals surface area contributed by atoms with Crippen molar-refractivity contribution in [3.63, 3.8) is 0 Å². The van der Waals surface area contributed by atoms with Gasteiger partial charge in [-0.1, -0.05) is 23.4 Å². The summed E-state index contributed by atoms with van der Waals surface area (Å²) < 4.78 is 1.90. The highest BCUT2D eigenvalue weighted by Crippen LogP contribution is 2.18. The molecule has 0 bridgehead atoms. The molecule has 0 atom stereocenters. The van der Waals surface area contributed by atoms with E-state index in [1.165, 1.54) is 11.8 Å². The summed E-state index contributed by atoms with van der Waals surface area (Å²) in [6.07, 6.45) is 0. The number of carbonyl (C=O) groups is 1. The first kappa shape index (κ1) is 15.7. The van der Waals surface area contributed by atoms with Crippen LogP contribution >= 0.6 is 23.4 Å². The van der Waals surface area contributed by atoms with Crippen molar-refractivity contribution in [1.29, 1.82) is 0 Å². The van der Waals surface area contributed by atoms with E-state index in [2.05, 4.69) is 15.5 Å². The molecule has 1 aromatic carbocycles. The fourth-order valence-corrected chi connectivity index (χ4v) is 2.62. The Hall–Kier alpha value is -1.73. The van der Waals surface area contributed by atoms with Crippen molar-refractivity contribution >= 4 is 35.0 Å². The van der Waals surface area contributed by atoms with Crippen LogP contribution in [0.15, 0.2) is 29.4 Å². The van der Waals surface area contributed by atoms with E-state index in [-0.39, 0.29) is 5.75 Å². The Morgan fingerprint density at radius 3 is 2.71 bits per heavy atom. The monoisotopic (exact) mass is 326 g/mol. The first-order valence-electron chi connectivity index (χ1n) is 6.36. The number of hydrogen-bond acceptors (Lipinski definition) is 5. The molecule has 0 radical (unpaired) electrons. The number of rotatable bonds is 7. The molecule has 112 valence electrons. The molecule has 2 rings (SSSR count). The number of halogens is 1. The molecule has 1 heterocycles. The Kier molecular flexibility index (Phi) is 5.46. The van der Waals surface area contributed by atoms with Crippen molar-refractivity contribution in [2.24, 2.45) is 0 Å². The number of nitrogens with zero attached hydrogens (tertiary/aromatic N) is 3. The zero-order valence-electron chi connectivity index (χ0n) is 11.4. The maximum absolute atomic E-state index is 10.6. The van der Waals surface area contributed by atoms with Crippen molar-refractivity contribution in [1.82, 2.24) is 14.8 Å². The van der Waals surface area contributed by atoms with Crippen LogP contribution in [0.2, 0.25) is 5.02 Å². The van der Waals surface area contributed by atoms with E-state index >= 15 is 0 Å². The number of aromatic nitrogens is 3. The van der Waals surface area contributed by atoms with E-state index in [0.717, 1.165) is 11.5 Å². The van der Waals surface area contributed by atoms with E-state index in [9.17, 15) is 4.79 Å². The molecule has 0 aliphatic carbocycles. The van der Waals surface area contributed by atoms with E-state index in [1.54, 1.807) is 0 Å². The molecule has 2 aromatic rings. The summed E-state index contributed by atoms with van der Waals surface area (Å²) in [5, 5.41) is 21.4. The highest BCUT2D eigenvalue weighted by molar-refractivity contribution is 7.99. The number of nitrogens with one attached hydrogen (secondary N) is 1. The molecule has 2 N–H and O–H groups in total. The lowest BCUT2D eigenvalue weighted by Gasteiger charge is -2.08. The molecule has 0 spiro atoms. The summed E-state index contributed by atoms with van der Waals surface area (Å²) in [4.78, 5) is 10.6. The maximum atomic E-state index is 10.6. The molecule has 0 aliphatic rings. The van der Waals surface area contributed by atoms with Gasteiger partial charge in [0.05, 0.1) is 12.3 Å².